The molecule has 2 aromatic rings. The molecule has 9 nitrogen and oxygen atoms in total. The monoisotopic (exact) mass is 509 g/mol. The van der Waals surface area contributed by atoms with Crippen LogP contribution in [0.15, 0.2) is 36.4 Å². The Kier molecular flexibility index (Phi) is 8.91. The van der Waals surface area contributed by atoms with Crippen LogP contribution in [0.25, 0.3) is 11.8 Å². The van der Waals surface area contributed by atoms with Crippen LogP contribution in [0.4, 0.5) is 5.82 Å². The SMILES string of the molecule is Cc1c(C2CCOCC(N(C)C(=O)/C=C/CN3CCOCC3)C2)[nH]c(N)c1/C=C(\N)c1ccccc1O. The van der Waals surface area contributed by atoms with Crippen molar-refractivity contribution in [1.29, 1.82) is 0 Å². The summed E-state index contributed by atoms with van der Waals surface area (Å²) in [6.45, 7) is 7.14. The number of carbonyl (C=O) groups is 1. The zero-order valence-electron chi connectivity index (χ0n) is 21.8. The van der Waals surface area contributed by atoms with Crippen LogP contribution in [-0.4, -0.2) is 84.9 Å². The normalized spacial score (nSPS) is 21.7. The minimum absolute atomic E-state index is 0.0238. The molecule has 2 aliphatic rings. The molecule has 1 amide bonds. The summed E-state index contributed by atoms with van der Waals surface area (Å²) >= 11 is 0. The second-order valence-electron chi connectivity index (χ2n) is 9.82. The fourth-order valence-corrected chi connectivity index (χ4v) is 5.07. The number of hydrogen-bond acceptors (Lipinski definition) is 7. The van der Waals surface area contributed by atoms with Crippen molar-refractivity contribution < 1.29 is 19.4 Å². The molecule has 0 saturated carbocycles. The number of nitrogens with one attached hydrogen (secondary N) is 1. The van der Waals surface area contributed by atoms with E-state index in [0.29, 0.717) is 30.3 Å². The molecule has 6 N–H and O–H groups in total. The molecule has 0 aliphatic carbocycles. The van der Waals surface area contributed by atoms with E-state index in [1.165, 1.54) is 0 Å². The zero-order chi connectivity index (χ0) is 26.4. The number of morpholine rings is 1. The lowest BCUT2D eigenvalue weighted by Gasteiger charge is -2.28. The molecule has 2 fully saturated rings. The maximum absolute atomic E-state index is 12.9. The number of rotatable bonds is 7. The molecule has 200 valence electrons. The number of nitrogens with two attached hydrogens (primary N) is 2. The number of aromatic amines is 1. The molecule has 2 aliphatic heterocycles. The third-order valence-electron chi connectivity index (χ3n) is 7.39. The van der Waals surface area contributed by atoms with Crippen LogP contribution in [0.5, 0.6) is 5.75 Å². The number of amides is 1. The summed E-state index contributed by atoms with van der Waals surface area (Å²) in [5.41, 5.74) is 16.6. The molecule has 0 spiro atoms. The number of benzene rings is 1. The largest absolute Gasteiger partial charge is 0.507 e. The second-order valence-corrected chi connectivity index (χ2v) is 9.82. The fourth-order valence-electron chi connectivity index (χ4n) is 5.07. The van der Waals surface area contributed by atoms with E-state index < -0.39 is 0 Å². The van der Waals surface area contributed by atoms with Gasteiger partial charge in [-0.1, -0.05) is 18.2 Å². The van der Waals surface area contributed by atoms with E-state index in [1.54, 1.807) is 35.3 Å². The molecular formula is C28H39N5O4. The summed E-state index contributed by atoms with van der Waals surface area (Å²) < 4.78 is 11.3. The Morgan fingerprint density at radius 2 is 2.00 bits per heavy atom. The number of ether oxygens (including phenoxy) is 2. The number of aromatic nitrogens is 1. The molecular weight excluding hydrogens is 470 g/mol. The van der Waals surface area contributed by atoms with Crippen molar-refractivity contribution in [3.8, 4) is 5.75 Å². The lowest BCUT2D eigenvalue weighted by molar-refractivity contribution is -0.127. The van der Waals surface area contributed by atoms with Gasteiger partial charge in [0, 0.05) is 67.8 Å². The Hall–Kier alpha value is -3.27. The number of aromatic hydroxyl groups is 1. The number of anilines is 1. The van der Waals surface area contributed by atoms with Crippen LogP contribution in [-0.2, 0) is 14.3 Å². The van der Waals surface area contributed by atoms with E-state index in [4.69, 9.17) is 20.9 Å². The van der Waals surface area contributed by atoms with Crippen molar-refractivity contribution in [3.63, 3.8) is 0 Å². The van der Waals surface area contributed by atoms with Gasteiger partial charge in [-0.05, 0) is 43.5 Å². The molecule has 1 aromatic carbocycles. The predicted molar refractivity (Wildman–Crippen MR) is 146 cm³/mol. The minimum Gasteiger partial charge on any atom is -0.507 e. The number of hydrogen-bond donors (Lipinski definition) is 4. The van der Waals surface area contributed by atoms with Gasteiger partial charge < -0.3 is 35.9 Å². The van der Waals surface area contributed by atoms with Gasteiger partial charge in [-0.3, -0.25) is 9.69 Å². The van der Waals surface area contributed by atoms with Gasteiger partial charge >= 0.3 is 0 Å². The minimum atomic E-state index is -0.0534. The van der Waals surface area contributed by atoms with Crippen LogP contribution < -0.4 is 11.5 Å². The number of para-hydroxylation sites is 1. The number of likely N-dealkylation sites (N-methyl/N-ethyl adjacent to an activating group) is 1. The van der Waals surface area contributed by atoms with E-state index in [2.05, 4.69) is 9.88 Å². The third kappa shape index (κ3) is 6.54. The van der Waals surface area contributed by atoms with Crippen molar-refractivity contribution in [3.05, 3.63) is 58.8 Å². The topological polar surface area (TPSA) is 130 Å². The van der Waals surface area contributed by atoms with E-state index in [-0.39, 0.29) is 23.6 Å². The average molecular weight is 510 g/mol. The maximum Gasteiger partial charge on any atom is 0.246 e. The fraction of sp³-hybridized carbons (Fsp3) is 0.464. The highest BCUT2D eigenvalue weighted by atomic mass is 16.5. The Bertz CT molecular complexity index is 1140. The molecule has 2 unspecified atom stereocenters. The van der Waals surface area contributed by atoms with Gasteiger partial charge in [0.1, 0.15) is 11.6 Å². The molecule has 9 heteroatoms. The van der Waals surface area contributed by atoms with Gasteiger partial charge in [0.25, 0.3) is 0 Å². The number of phenols is 1. The Balaban J connectivity index is 1.46. The van der Waals surface area contributed by atoms with Crippen molar-refractivity contribution in [1.82, 2.24) is 14.8 Å². The van der Waals surface area contributed by atoms with E-state index in [0.717, 1.165) is 62.5 Å². The van der Waals surface area contributed by atoms with Gasteiger partial charge in [0.15, 0.2) is 0 Å². The van der Waals surface area contributed by atoms with Crippen LogP contribution in [0.1, 0.15) is 41.1 Å². The second kappa shape index (κ2) is 12.3. The van der Waals surface area contributed by atoms with Crippen LogP contribution in [0.3, 0.4) is 0 Å². The maximum atomic E-state index is 12.9. The number of carbonyl (C=O) groups excluding carboxylic acids is 1. The zero-order valence-corrected chi connectivity index (χ0v) is 21.8. The molecule has 4 rings (SSSR count). The molecule has 37 heavy (non-hydrogen) atoms. The summed E-state index contributed by atoms with van der Waals surface area (Å²) in [4.78, 5) is 20.3. The summed E-state index contributed by atoms with van der Waals surface area (Å²) in [5.74, 6) is 0.780. The van der Waals surface area contributed by atoms with Gasteiger partial charge in [0.05, 0.1) is 25.9 Å². The average Bonchev–Trinajstić information content (AvgIpc) is 3.05. The van der Waals surface area contributed by atoms with E-state index in [1.807, 2.05) is 26.1 Å². The summed E-state index contributed by atoms with van der Waals surface area (Å²) in [6.07, 6.45) is 6.99. The number of nitrogen functional groups attached to an aromatic ring is 1. The Morgan fingerprint density at radius 1 is 1.24 bits per heavy atom. The molecule has 3 heterocycles. The van der Waals surface area contributed by atoms with E-state index >= 15 is 0 Å². The number of phenolic OH excluding ortho intramolecular Hbond substituents is 1. The first-order chi connectivity index (χ1) is 17.8. The van der Waals surface area contributed by atoms with E-state index in [9.17, 15) is 9.90 Å². The highest BCUT2D eigenvalue weighted by Gasteiger charge is 2.29. The quantitative estimate of drug-likeness (QED) is 0.422. The molecule has 2 saturated heterocycles. The molecule has 0 bridgehead atoms. The van der Waals surface area contributed by atoms with Crippen molar-refractivity contribution in [2.24, 2.45) is 5.73 Å². The molecule has 2 atom stereocenters. The summed E-state index contributed by atoms with van der Waals surface area (Å²) in [7, 11) is 1.84. The lowest BCUT2D eigenvalue weighted by atomic mass is 9.91. The standard InChI is InChI=1S/C28H39N5O4/c1-19-23(17-24(29)22-6-3-4-7-25(22)34)28(30)31-27(19)20-9-13-37-18-21(16-20)32(2)26(35)8-5-10-33-11-14-36-15-12-33/h3-8,17,20-21,31,34H,9-16,18,29-30H2,1-2H3/b8-5+,24-17-. The highest BCUT2D eigenvalue weighted by molar-refractivity contribution is 5.88. The van der Waals surface area contributed by atoms with Gasteiger partial charge in [-0.2, -0.15) is 0 Å². The highest BCUT2D eigenvalue weighted by Crippen LogP contribution is 2.35. The van der Waals surface area contributed by atoms with Gasteiger partial charge in [-0.15, -0.1) is 0 Å². The number of H-pyrrole nitrogens is 1. The first kappa shape index (κ1) is 26.8. The number of nitrogens with zero attached hydrogens (tertiary/aromatic N) is 2. The van der Waals surface area contributed by atoms with Crippen molar-refractivity contribution in [2.45, 2.75) is 31.7 Å². The Labute approximate surface area is 218 Å². The summed E-state index contributed by atoms with van der Waals surface area (Å²) in [5, 5.41) is 10.2. The first-order valence-electron chi connectivity index (χ1n) is 12.9. The van der Waals surface area contributed by atoms with Crippen molar-refractivity contribution in [2.75, 3.05) is 58.8 Å². The summed E-state index contributed by atoms with van der Waals surface area (Å²) in [6, 6.07) is 6.91. The van der Waals surface area contributed by atoms with Crippen molar-refractivity contribution >= 4 is 23.5 Å². The lowest BCUT2D eigenvalue weighted by Crippen LogP contribution is -2.39. The predicted octanol–water partition coefficient (Wildman–Crippen LogP) is 2.68. The smallest absolute Gasteiger partial charge is 0.246 e. The van der Waals surface area contributed by atoms with Crippen LogP contribution in [0.2, 0.25) is 0 Å². The molecule has 0 radical (unpaired) electrons. The van der Waals surface area contributed by atoms with Gasteiger partial charge in [0.2, 0.25) is 5.91 Å². The van der Waals surface area contributed by atoms with Crippen LogP contribution in [0, 0.1) is 6.92 Å². The Morgan fingerprint density at radius 3 is 2.76 bits per heavy atom. The van der Waals surface area contributed by atoms with Gasteiger partial charge in [-0.25, -0.2) is 0 Å². The molecule has 1 aromatic heterocycles. The first-order valence-corrected chi connectivity index (χ1v) is 12.9. The van der Waals surface area contributed by atoms with Crippen LogP contribution >= 0.6 is 0 Å². The third-order valence-corrected chi connectivity index (χ3v) is 7.39.